The number of carbonyl (C=O) groups excluding carboxylic acids is 2. The Bertz CT molecular complexity index is 1120. The molecule has 0 radical (unpaired) electrons. The first-order valence-electron chi connectivity index (χ1n) is 9.29. The molecule has 3 aromatic carbocycles. The Morgan fingerprint density at radius 2 is 1.87 bits per heavy atom. The highest BCUT2D eigenvalue weighted by atomic mass is 79.9. The van der Waals surface area contributed by atoms with Gasteiger partial charge in [-0.2, -0.15) is 0 Å². The zero-order chi connectivity index (χ0) is 21.3. The lowest BCUT2D eigenvalue weighted by Crippen LogP contribution is -2.28. The van der Waals surface area contributed by atoms with Crippen LogP contribution in [-0.2, 0) is 4.79 Å². The van der Waals surface area contributed by atoms with Crippen molar-refractivity contribution in [1.29, 1.82) is 0 Å². The number of nitrogens with one attached hydrogen (secondary N) is 1. The smallest absolute Gasteiger partial charge is 0.255 e. The van der Waals surface area contributed by atoms with Crippen molar-refractivity contribution in [3.8, 4) is 0 Å². The van der Waals surface area contributed by atoms with Crippen LogP contribution in [0.4, 0.5) is 15.8 Å². The summed E-state index contributed by atoms with van der Waals surface area (Å²) in [6.45, 7) is 1.68. The Morgan fingerprint density at radius 3 is 2.60 bits per heavy atom. The number of thioether (sulfide) groups is 1. The number of hydrogen-bond donors (Lipinski definition) is 1. The molecule has 7 heteroatoms. The summed E-state index contributed by atoms with van der Waals surface area (Å²) in [6.07, 6.45) is 0. The molecule has 1 N–H and O–H groups in total. The van der Waals surface area contributed by atoms with Crippen LogP contribution in [0.2, 0.25) is 0 Å². The van der Waals surface area contributed by atoms with Gasteiger partial charge in [0, 0.05) is 21.3 Å². The van der Waals surface area contributed by atoms with Crippen LogP contribution in [0, 0.1) is 12.7 Å². The Hall–Kier alpha value is -2.64. The minimum absolute atomic E-state index is 0.0502. The van der Waals surface area contributed by atoms with E-state index in [1.807, 2.05) is 30.3 Å². The second-order valence-corrected chi connectivity index (χ2v) is 8.88. The molecule has 30 heavy (non-hydrogen) atoms. The summed E-state index contributed by atoms with van der Waals surface area (Å²) in [5.41, 5.74) is 3.16. The zero-order valence-corrected chi connectivity index (χ0v) is 18.5. The number of anilines is 2. The van der Waals surface area contributed by atoms with Gasteiger partial charge in [-0.1, -0.05) is 40.2 Å². The van der Waals surface area contributed by atoms with Crippen LogP contribution in [0.25, 0.3) is 0 Å². The van der Waals surface area contributed by atoms with Crippen molar-refractivity contribution in [3.63, 3.8) is 0 Å². The quantitative estimate of drug-likeness (QED) is 0.499. The van der Waals surface area contributed by atoms with E-state index in [0.29, 0.717) is 28.3 Å². The topological polar surface area (TPSA) is 49.4 Å². The molecule has 0 bridgehead atoms. The summed E-state index contributed by atoms with van der Waals surface area (Å²) in [4.78, 5) is 26.6. The molecule has 0 spiro atoms. The molecule has 1 heterocycles. The van der Waals surface area contributed by atoms with Crippen LogP contribution in [0.15, 0.2) is 71.2 Å². The molecule has 0 aliphatic carbocycles. The van der Waals surface area contributed by atoms with Crippen LogP contribution < -0.4 is 10.2 Å². The van der Waals surface area contributed by atoms with Crippen molar-refractivity contribution in [3.05, 3.63) is 93.7 Å². The summed E-state index contributed by atoms with van der Waals surface area (Å²) >= 11 is 4.86. The highest BCUT2D eigenvalue weighted by molar-refractivity contribution is 9.10. The van der Waals surface area contributed by atoms with Crippen molar-refractivity contribution < 1.29 is 14.0 Å². The summed E-state index contributed by atoms with van der Waals surface area (Å²) in [7, 11) is 0. The average molecular weight is 485 g/mol. The first-order valence-corrected chi connectivity index (χ1v) is 11.1. The molecule has 1 fully saturated rings. The predicted molar refractivity (Wildman–Crippen MR) is 122 cm³/mol. The molecule has 1 aliphatic rings. The predicted octanol–water partition coefficient (Wildman–Crippen LogP) is 5.93. The van der Waals surface area contributed by atoms with Gasteiger partial charge < -0.3 is 5.32 Å². The minimum Gasteiger partial charge on any atom is -0.322 e. The molecule has 3 aromatic rings. The van der Waals surface area contributed by atoms with E-state index in [1.165, 1.54) is 17.8 Å². The molecule has 1 atom stereocenters. The maximum absolute atomic E-state index is 14.0. The number of hydrogen-bond acceptors (Lipinski definition) is 3. The number of rotatable bonds is 4. The van der Waals surface area contributed by atoms with Crippen molar-refractivity contribution in [1.82, 2.24) is 0 Å². The molecule has 1 unspecified atom stereocenters. The maximum Gasteiger partial charge on any atom is 0.255 e. The summed E-state index contributed by atoms with van der Waals surface area (Å²) < 4.78 is 14.9. The third-order valence-electron chi connectivity index (χ3n) is 4.91. The second-order valence-electron chi connectivity index (χ2n) is 6.90. The van der Waals surface area contributed by atoms with Crippen molar-refractivity contribution in [2.75, 3.05) is 16.0 Å². The fourth-order valence-corrected chi connectivity index (χ4v) is 4.92. The molecule has 1 aliphatic heterocycles. The number of halogens is 2. The number of nitrogens with zero attached hydrogens (tertiary/aromatic N) is 1. The highest BCUT2D eigenvalue weighted by Crippen LogP contribution is 2.43. The molecule has 0 saturated carbocycles. The molecular weight excluding hydrogens is 467 g/mol. The lowest BCUT2D eigenvalue weighted by atomic mass is 10.1. The number of amides is 2. The molecule has 1 saturated heterocycles. The van der Waals surface area contributed by atoms with Gasteiger partial charge in [0.05, 0.1) is 11.4 Å². The molecule has 4 rings (SSSR count). The highest BCUT2D eigenvalue weighted by Gasteiger charge is 2.35. The van der Waals surface area contributed by atoms with Crippen molar-refractivity contribution in [2.45, 2.75) is 12.3 Å². The van der Waals surface area contributed by atoms with Gasteiger partial charge in [0.1, 0.15) is 11.2 Å². The summed E-state index contributed by atoms with van der Waals surface area (Å²) in [6, 6.07) is 19.3. The molecule has 4 nitrogen and oxygen atoms in total. The number of benzene rings is 3. The summed E-state index contributed by atoms with van der Waals surface area (Å²) in [5, 5.41) is 2.63. The van der Waals surface area contributed by atoms with E-state index >= 15 is 0 Å². The normalized spacial score (nSPS) is 16.0. The van der Waals surface area contributed by atoms with E-state index in [-0.39, 0.29) is 23.0 Å². The van der Waals surface area contributed by atoms with Crippen molar-refractivity contribution in [2.24, 2.45) is 0 Å². The molecule has 0 aromatic heterocycles. The first kappa shape index (κ1) is 20.6. The van der Waals surface area contributed by atoms with Gasteiger partial charge in [0.25, 0.3) is 5.91 Å². The fraction of sp³-hybridized carbons (Fsp3) is 0.130. The lowest BCUT2D eigenvalue weighted by Gasteiger charge is -2.26. The van der Waals surface area contributed by atoms with E-state index in [4.69, 9.17) is 0 Å². The van der Waals surface area contributed by atoms with Gasteiger partial charge in [0.15, 0.2) is 0 Å². The Kier molecular flexibility index (Phi) is 5.92. The van der Waals surface area contributed by atoms with Crippen molar-refractivity contribution >= 4 is 50.9 Å². The largest absolute Gasteiger partial charge is 0.322 e. The van der Waals surface area contributed by atoms with Crippen LogP contribution >= 0.6 is 27.7 Å². The van der Waals surface area contributed by atoms with Crippen LogP contribution in [-0.4, -0.2) is 17.6 Å². The van der Waals surface area contributed by atoms with E-state index < -0.39 is 0 Å². The van der Waals surface area contributed by atoms with Crippen LogP contribution in [0.3, 0.4) is 0 Å². The maximum atomic E-state index is 14.0. The third kappa shape index (κ3) is 4.13. The zero-order valence-electron chi connectivity index (χ0n) is 16.1. The Labute approximate surface area is 186 Å². The van der Waals surface area contributed by atoms with Gasteiger partial charge in [-0.15, -0.1) is 11.8 Å². The van der Waals surface area contributed by atoms with Gasteiger partial charge in [0.2, 0.25) is 5.91 Å². The molecule has 152 valence electrons. The third-order valence-corrected chi connectivity index (χ3v) is 6.61. The first-order chi connectivity index (χ1) is 14.4. The van der Waals surface area contributed by atoms with Crippen LogP contribution in [0.1, 0.15) is 26.9 Å². The molecular formula is C23H18BrFN2O2S. The van der Waals surface area contributed by atoms with E-state index in [2.05, 4.69) is 21.2 Å². The monoisotopic (exact) mass is 484 g/mol. The van der Waals surface area contributed by atoms with E-state index in [1.54, 1.807) is 42.2 Å². The van der Waals surface area contributed by atoms with Crippen LogP contribution in [0.5, 0.6) is 0 Å². The lowest BCUT2D eigenvalue weighted by molar-refractivity contribution is -0.115. The second kappa shape index (κ2) is 8.62. The van der Waals surface area contributed by atoms with Gasteiger partial charge >= 0.3 is 0 Å². The van der Waals surface area contributed by atoms with Gasteiger partial charge in [-0.25, -0.2) is 4.39 Å². The SMILES string of the molecule is Cc1c(F)cccc1N1C(=O)CSC1c1ccc(NC(=O)c2cccc(Br)c2)cc1. The van der Waals surface area contributed by atoms with Gasteiger partial charge in [-0.3, -0.25) is 14.5 Å². The van der Waals surface area contributed by atoms with Gasteiger partial charge in [-0.05, 0) is 55.0 Å². The van der Waals surface area contributed by atoms with E-state index in [9.17, 15) is 14.0 Å². The average Bonchev–Trinajstić information content (AvgIpc) is 3.12. The standard InChI is InChI=1S/C23H18BrFN2O2S/c1-14-19(25)6-3-7-20(14)27-21(28)13-30-23(27)15-8-10-18(11-9-15)26-22(29)16-4-2-5-17(24)12-16/h2-12,23H,13H2,1H3,(H,26,29). The van der Waals surface area contributed by atoms with E-state index in [0.717, 1.165) is 10.0 Å². The molecule has 2 amide bonds. The number of carbonyl (C=O) groups is 2. The Morgan fingerprint density at radius 1 is 1.13 bits per heavy atom. The Balaban J connectivity index is 1.55. The minimum atomic E-state index is -0.332. The fourth-order valence-electron chi connectivity index (χ4n) is 3.35. The summed E-state index contributed by atoms with van der Waals surface area (Å²) in [5.74, 6) is -0.249.